The van der Waals surface area contributed by atoms with Crippen molar-refractivity contribution in [2.24, 2.45) is 0 Å². The molecule has 2 aromatic carbocycles. The number of nitrogens with zero attached hydrogens (tertiary/aromatic N) is 2. The molecule has 1 aliphatic rings. The summed E-state index contributed by atoms with van der Waals surface area (Å²) in [6.07, 6.45) is 0.614. The summed E-state index contributed by atoms with van der Waals surface area (Å²) in [5, 5.41) is 24.6. The summed E-state index contributed by atoms with van der Waals surface area (Å²) in [5.41, 5.74) is 0.296. The Morgan fingerprint density at radius 2 is 1.71 bits per heavy atom. The Hall–Kier alpha value is -3.92. The minimum Gasteiger partial charge on any atom is -0.872 e. The summed E-state index contributed by atoms with van der Waals surface area (Å²) in [5.74, 6) is -1.52. The van der Waals surface area contributed by atoms with Crippen LogP contribution in [0.2, 0.25) is 0 Å². The lowest BCUT2D eigenvalue weighted by Crippen LogP contribution is -3.05. The van der Waals surface area contributed by atoms with Gasteiger partial charge < -0.3 is 24.4 Å². The van der Waals surface area contributed by atoms with Crippen LogP contribution in [-0.4, -0.2) is 62.9 Å². The number of likely N-dealkylation sites (tertiary alicyclic amines) is 1. The summed E-state index contributed by atoms with van der Waals surface area (Å²) >= 11 is 0. The van der Waals surface area contributed by atoms with Crippen molar-refractivity contribution < 1.29 is 34.0 Å². The number of quaternary nitrogens is 1. The largest absolute Gasteiger partial charge is 0.872 e. The van der Waals surface area contributed by atoms with Gasteiger partial charge in [-0.3, -0.25) is 19.7 Å². The molecule has 0 aromatic heterocycles. The van der Waals surface area contributed by atoms with E-state index in [9.17, 15) is 24.8 Å². The zero-order valence-electron chi connectivity index (χ0n) is 19.5. The average molecular weight is 469 g/mol. The number of hydrogen-bond acceptors (Lipinski definition) is 7. The molecule has 1 heterocycles. The van der Waals surface area contributed by atoms with Crippen LogP contribution in [0.5, 0.6) is 11.5 Å². The Balaban J connectivity index is 2.13. The van der Waals surface area contributed by atoms with Crippen LogP contribution in [0, 0.1) is 10.1 Å². The molecule has 10 heteroatoms. The van der Waals surface area contributed by atoms with Crippen molar-refractivity contribution in [2.45, 2.75) is 12.5 Å². The first kappa shape index (κ1) is 24.7. The van der Waals surface area contributed by atoms with E-state index < -0.39 is 28.4 Å². The third-order valence-electron chi connectivity index (χ3n) is 5.67. The van der Waals surface area contributed by atoms with Crippen LogP contribution >= 0.6 is 0 Å². The lowest BCUT2D eigenvalue weighted by molar-refractivity contribution is -0.858. The van der Waals surface area contributed by atoms with Crippen molar-refractivity contribution in [2.75, 3.05) is 41.4 Å². The molecule has 1 saturated heterocycles. The maximum atomic E-state index is 13.5. The molecule has 3 rings (SSSR count). The molecule has 1 amide bonds. The Bertz CT molecular complexity index is 1130. The SMILES string of the molecule is COc1ccc(C([O-])=C2C(=O)C(=O)N(CCC[NH+](C)C)C2c2ccc([N+](=O)[O-])cc2)cc1OC. The fourth-order valence-electron chi connectivity index (χ4n) is 3.96. The van der Waals surface area contributed by atoms with Gasteiger partial charge in [-0.2, -0.15) is 0 Å². The molecule has 34 heavy (non-hydrogen) atoms. The summed E-state index contributed by atoms with van der Waals surface area (Å²) in [7, 11) is 6.84. The highest BCUT2D eigenvalue weighted by Gasteiger charge is 2.44. The second-order valence-electron chi connectivity index (χ2n) is 8.20. The number of Topliss-reactive ketones (excluding diaryl/α,β-unsaturated/α-hetero) is 1. The molecule has 0 bridgehead atoms. The topological polar surface area (TPSA) is 126 Å². The maximum Gasteiger partial charge on any atom is 0.295 e. The zero-order valence-corrected chi connectivity index (χ0v) is 19.5. The number of carbonyl (C=O) groups is 2. The van der Waals surface area contributed by atoms with E-state index in [0.717, 1.165) is 6.54 Å². The molecule has 1 atom stereocenters. The summed E-state index contributed by atoms with van der Waals surface area (Å²) in [4.78, 5) is 39.1. The van der Waals surface area contributed by atoms with Gasteiger partial charge in [-0.1, -0.05) is 11.8 Å². The van der Waals surface area contributed by atoms with Gasteiger partial charge in [0.1, 0.15) is 0 Å². The van der Waals surface area contributed by atoms with Crippen molar-refractivity contribution >= 4 is 23.1 Å². The monoisotopic (exact) mass is 469 g/mol. The van der Waals surface area contributed by atoms with Crippen molar-refractivity contribution in [1.82, 2.24) is 4.90 Å². The highest BCUT2D eigenvalue weighted by molar-refractivity contribution is 6.46. The van der Waals surface area contributed by atoms with E-state index in [1.54, 1.807) is 6.07 Å². The third kappa shape index (κ3) is 4.86. The number of non-ortho nitro benzene ring substituents is 1. The molecule has 180 valence electrons. The Labute approximate surface area is 197 Å². The number of hydrogen-bond donors (Lipinski definition) is 1. The number of ether oxygens (including phenoxy) is 2. The van der Waals surface area contributed by atoms with Gasteiger partial charge in [0.05, 0.1) is 45.8 Å². The Morgan fingerprint density at radius 1 is 1.06 bits per heavy atom. The summed E-state index contributed by atoms with van der Waals surface area (Å²) in [6.45, 7) is 1.02. The summed E-state index contributed by atoms with van der Waals surface area (Å²) < 4.78 is 10.5. The van der Waals surface area contributed by atoms with Crippen LogP contribution in [0.1, 0.15) is 23.6 Å². The predicted molar refractivity (Wildman–Crippen MR) is 121 cm³/mol. The van der Waals surface area contributed by atoms with Crippen molar-refractivity contribution in [1.29, 1.82) is 0 Å². The third-order valence-corrected chi connectivity index (χ3v) is 5.67. The van der Waals surface area contributed by atoms with Gasteiger partial charge in [-0.15, -0.1) is 0 Å². The normalized spacial score (nSPS) is 17.3. The highest BCUT2D eigenvalue weighted by Crippen LogP contribution is 2.40. The number of methoxy groups -OCH3 is 2. The molecule has 1 fully saturated rings. The quantitative estimate of drug-likeness (QED) is 0.185. The maximum absolute atomic E-state index is 13.5. The molecular formula is C24H27N3O7. The van der Waals surface area contributed by atoms with Crippen LogP contribution in [0.3, 0.4) is 0 Å². The van der Waals surface area contributed by atoms with E-state index >= 15 is 0 Å². The number of rotatable bonds is 9. The fourth-order valence-corrected chi connectivity index (χ4v) is 3.96. The fraction of sp³-hybridized carbons (Fsp3) is 0.333. The van der Waals surface area contributed by atoms with E-state index in [1.807, 2.05) is 14.1 Å². The van der Waals surface area contributed by atoms with Crippen LogP contribution in [0.15, 0.2) is 48.0 Å². The summed E-state index contributed by atoms with van der Waals surface area (Å²) in [6, 6.07) is 9.09. The first-order chi connectivity index (χ1) is 16.2. The van der Waals surface area contributed by atoms with Gasteiger partial charge in [-0.05, 0) is 35.4 Å². The van der Waals surface area contributed by atoms with Crippen molar-refractivity contribution in [3.63, 3.8) is 0 Å². The van der Waals surface area contributed by atoms with E-state index in [1.165, 1.54) is 60.4 Å². The molecule has 0 radical (unpaired) electrons. The molecule has 10 nitrogen and oxygen atoms in total. The molecule has 1 aliphatic heterocycles. The molecule has 0 saturated carbocycles. The van der Waals surface area contributed by atoms with Crippen LogP contribution in [-0.2, 0) is 9.59 Å². The lowest BCUT2D eigenvalue weighted by atomic mass is 9.95. The Kier molecular flexibility index (Phi) is 7.52. The van der Waals surface area contributed by atoms with Gasteiger partial charge in [0.25, 0.3) is 11.6 Å². The van der Waals surface area contributed by atoms with Crippen LogP contribution in [0.25, 0.3) is 5.76 Å². The molecular weight excluding hydrogens is 442 g/mol. The molecule has 0 aliphatic carbocycles. The number of nitro benzene ring substituents is 1. The van der Waals surface area contributed by atoms with Gasteiger partial charge in [0, 0.05) is 30.7 Å². The average Bonchev–Trinajstić information content (AvgIpc) is 3.07. The smallest absolute Gasteiger partial charge is 0.295 e. The van der Waals surface area contributed by atoms with Gasteiger partial charge in [-0.25, -0.2) is 0 Å². The van der Waals surface area contributed by atoms with Crippen LogP contribution in [0.4, 0.5) is 5.69 Å². The zero-order chi connectivity index (χ0) is 25.0. The second-order valence-corrected chi connectivity index (χ2v) is 8.20. The van der Waals surface area contributed by atoms with Gasteiger partial charge in [0.15, 0.2) is 11.5 Å². The van der Waals surface area contributed by atoms with E-state index in [2.05, 4.69) is 0 Å². The number of nitrogens with one attached hydrogen (secondary N) is 1. The number of nitro groups is 1. The van der Waals surface area contributed by atoms with Crippen LogP contribution < -0.4 is 19.5 Å². The van der Waals surface area contributed by atoms with Gasteiger partial charge >= 0.3 is 0 Å². The van der Waals surface area contributed by atoms with Crippen molar-refractivity contribution in [3.05, 3.63) is 69.3 Å². The predicted octanol–water partition coefficient (Wildman–Crippen LogP) is 0.371. The van der Waals surface area contributed by atoms with E-state index in [0.29, 0.717) is 23.5 Å². The minimum atomic E-state index is -0.946. The van der Waals surface area contributed by atoms with Crippen molar-refractivity contribution in [3.8, 4) is 11.5 Å². The number of amides is 1. The highest BCUT2D eigenvalue weighted by atomic mass is 16.6. The number of carbonyl (C=O) groups excluding carboxylic acids is 2. The molecule has 1 N–H and O–H groups in total. The van der Waals surface area contributed by atoms with Gasteiger partial charge in [0.2, 0.25) is 5.78 Å². The Morgan fingerprint density at radius 3 is 2.26 bits per heavy atom. The minimum absolute atomic E-state index is 0.130. The molecule has 0 spiro atoms. The second kappa shape index (κ2) is 10.3. The van der Waals surface area contributed by atoms with E-state index in [-0.39, 0.29) is 23.4 Å². The molecule has 1 unspecified atom stereocenters. The first-order valence-electron chi connectivity index (χ1n) is 10.7. The number of ketones is 1. The number of benzene rings is 2. The molecule has 2 aromatic rings. The lowest BCUT2D eigenvalue weighted by Gasteiger charge is -2.27. The first-order valence-corrected chi connectivity index (χ1v) is 10.7. The van der Waals surface area contributed by atoms with E-state index in [4.69, 9.17) is 9.47 Å². The standard InChI is InChI=1S/C24H27N3O7/c1-25(2)12-5-13-26-21(15-6-9-17(10-7-15)27(31)32)20(23(29)24(26)30)22(28)16-8-11-18(33-3)19(14-16)34-4/h6-11,14,21,28H,5,12-13H2,1-4H3.